The monoisotopic (exact) mass is 166 g/mol. The third kappa shape index (κ3) is 0.994. The Kier molecular flexibility index (Phi) is 1.36. The smallest absolute Gasteiger partial charge is 0.154 e. The molecule has 0 N–H and O–H groups in total. The predicted molar refractivity (Wildman–Crippen MR) is 44.9 cm³/mol. The summed E-state index contributed by atoms with van der Waals surface area (Å²) in [7, 11) is 0. The topological polar surface area (TPSA) is 17.3 Å². The van der Waals surface area contributed by atoms with Crippen LogP contribution < -0.4 is 0 Å². The second-order valence-corrected chi connectivity index (χ2v) is 2.89. The van der Waals surface area contributed by atoms with Gasteiger partial charge in [-0.15, -0.1) is 0 Å². The quantitative estimate of drug-likeness (QED) is 0.587. The first-order chi connectivity index (χ1) is 5.27. The van der Waals surface area contributed by atoms with E-state index in [9.17, 15) is 0 Å². The number of aromatic nitrogens is 2. The van der Waals surface area contributed by atoms with Gasteiger partial charge in [-0.25, -0.2) is 4.98 Å². The van der Waals surface area contributed by atoms with Gasteiger partial charge in [-0.05, 0) is 18.6 Å². The number of halogens is 1. The minimum atomic E-state index is 0.560. The minimum Gasteiger partial charge on any atom is -0.305 e. The zero-order chi connectivity index (χ0) is 7.84. The normalized spacial score (nSPS) is 10.7. The fraction of sp³-hybridized carbons (Fsp3) is 0.125. The first-order valence-electron chi connectivity index (χ1n) is 3.36. The highest BCUT2D eigenvalue weighted by molar-refractivity contribution is 6.32. The molecule has 2 nitrogen and oxygen atoms in total. The van der Waals surface area contributed by atoms with Gasteiger partial charge < -0.3 is 4.40 Å². The molecule has 0 aromatic carbocycles. The summed E-state index contributed by atoms with van der Waals surface area (Å²) in [5.74, 6) is 0. The third-order valence-corrected chi connectivity index (χ3v) is 1.92. The second-order valence-electron chi connectivity index (χ2n) is 2.53. The van der Waals surface area contributed by atoms with E-state index in [1.807, 2.05) is 29.7 Å². The molecule has 3 heteroatoms. The van der Waals surface area contributed by atoms with Crippen LogP contribution in [0.15, 0.2) is 24.7 Å². The fourth-order valence-electron chi connectivity index (χ4n) is 1.08. The number of aryl methyl sites for hydroxylation is 1. The molecule has 2 rings (SSSR count). The molecule has 0 spiro atoms. The Morgan fingerprint density at radius 2 is 2.27 bits per heavy atom. The minimum absolute atomic E-state index is 0.560. The summed E-state index contributed by atoms with van der Waals surface area (Å²) >= 11 is 5.79. The van der Waals surface area contributed by atoms with Crippen molar-refractivity contribution in [3.8, 4) is 0 Å². The van der Waals surface area contributed by atoms with Crippen LogP contribution in [-0.4, -0.2) is 9.38 Å². The molecule has 11 heavy (non-hydrogen) atoms. The molecule has 2 aromatic rings. The third-order valence-electron chi connectivity index (χ3n) is 1.63. The van der Waals surface area contributed by atoms with E-state index >= 15 is 0 Å². The molecule has 0 unspecified atom stereocenters. The Bertz CT molecular complexity index is 392. The summed E-state index contributed by atoms with van der Waals surface area (Å²) in [5.41, 5.74) is 2.16. The maximum atomic E-state index is 5.79. The number of nitrogens with zero attached hydrogens (tertiary/aromatic N) is 2. The lowest BCUT2D eigenvalue weighted by molar-refractivity contribution is 1.13. The van der Waals surface area contributed by atoms with E-state index in [1.165, 1.54) is 5.56 Å². The lowest BCUT2D eigenvalue weighted by atomic mass is 10.3. The molecule has 0 radical (unpaired) electrons. The van der Waals surface area contributed by atoms with Gasteiger partial charge in [0.25, 0.3) is 0 Å². The van der Waals surface area contributed by atoms with E-state index in [0.29, 0.717) is 5.15 Å². The van der Waals surface area contributed by atoms with Crippen molar-refractivity contribution in [2.45, 2.75) is 6.92 Å². The molecular formula is C8H7ClN2. The molecule has 0 amide bonds. The molecule has 0 aliphatic carbocycles. The van der Waals surface area contributed by atoms with E-state index < -0.39 is 0 Å². The van der Waals surface area contributed by atoms with Gasteiger partial charge in [0.2, 0.25) is 0 Å². The largest absolute Gasteiger partial charge is 0.305 e. The first-order valence-corrected chi connectivity index (χ1v) is 3.74. The fourth-order valence-corrected chi connectivity index (χ4v) is 1.28. The van der Waals surface area contributed by atoms with E-state index in [1.54, 1.807) is 6.33 Å². The summed E-state index contributed by atoms with van der Waals surface area (Å²) in [6.07, 6.45) is 3.71. The molecule has 0 fully saturated rings. The van der Waals surface area contributed by atoms with Gasteiger partial charge in [0.15, 0.2) is 5.15 Å². The standard InChI is InChI=1S/C8H7ClN2/c1-6-2-3-7-8(9)10-5-11(7)4-6/h2-5H,1H3. The van der Waals surface area contributed by atoms with Crippen LogP contribution in [0.3, 0.4) is 0 Å². The maximum absolute atomic E-state index is 5.79. The van der Waals surface area contributed by atoms with Gasteiger partial charge in [0.05, 0.1) is 5.52 Å². The molecule has 0 saturated heterocycles. The number of hydrogen-bond donors (Lipinski definition) is 0. The van der Waals surface area contributed by atoms with E-state index in [-0.39, 0.29) is 0 Å². The number of imidazole rings is 1. The van der Waals surface area contributed by atoms with Crippen molar-refractivity contribution in [1.29, 1.82) is 0 Å². The summed E-state index contributed by atoms with van der Waals surface area (Å²) < 4.78 is 1.91. The molecule has 2 aromatic heterocycles. The van der Waals surface area contributed by atoms with E-state index in [0.717, 1.165) is 5.52 Å². The molecule has 56 valence electrons. The molecule has 0 aliphatic rings. The molecule has 0 atom stereocenters. The second kappa shape index (κ2) is 2.24. The first kappa shape index (κ1) is 6.68. The highest BCUT2D eigenvalue weighted by atomic mass is 35.5. The molecule has 0 saturated carbocycles. The van der Waals surface area contributed by atoms with Crippen LogP contribution in [0.2, 0.25) is 5.15 Å². The van der Waals surface area contributed by atoms with Crippen LogP contribution in [0.1, 0.15) is 5.56 Å². The van der Waals surface area contributed by atoms with Crippen molar-refractivity contribution >= 4 is 17.1 Å². The van der Waals surface area contributed by atoms with Crippen molar-refractivity contribution in [3.05, 3.63) is 35.4 Å². The summed E-state index contributed by atoms with van der Waals surface area (Å²) in [5, 5.41) is 0.560. The maximum Gasteiger partial charge on any atom is 0.154 e. The Hall–Kier alpha value is -1.02. The number of pyridine rings is 1. The highest BCUT2D eigenvalue weighted by Gasteiger charge is 1.98. The average Bonchev–Trinajstić information content (AvgIpc) is 2.32. The lowest BCUT2D eigenvalue weighted by Gasteiger charge is -1.94. The van der Waals surface area contributed by atoms with Crippen LogP contribution in [0.25, 0.3) is 5.52 Å². The Labute approximate surface area is 69.4 Å². The summed E-state index contributed by atoms with van der Waals surface area (Å²) in [6.45, 7) is 2.04. The van der Waals surface area contributed by atoms with Crippen molar-refractivity contribution in [3.63, 3.8) is 0 Å². The van der Waals surface area contributed by atoms with Gasteiger partial charge in [-0.2, -0.15) is 0 Å². The van der Waals surface area contributed by atoms with Crippen LogP contribution in [-0.2, 0) is 0 Å². The summed E-state index contributed by atoms with van der Waals surface area (Å²) in [4.78, 5) is 3.97. The zero-order valence-corrected chi connectivity index (χ0v) is 6.84. The van der Waals surface area contributed by atoms with Crippen molar-refractivity contribution in [2.75, 3.05) is 0 Å². The summed E-state index contributed by atoms with van der Waals surface area (Å²) in [6, 6.07) is 3.98. The highest BCUT2D eigenvalue weighted by Crippen LogP contribution is 2.14. The van der Waals surface area contributed by atoms with E-state index in [4.69, 9.17) is 11.6 Å². The molecule has 0 aliphatic heterocycles. The molecule has 2 heterocycles. The van der Waals surface area contributed by atoms with Crippen LogP contribution >= 0.6 is 11.6 Å². The van der Waals surface area contributed by atoms with Crippen LogP contribution in [0.4, 0.5) is 0 Å². The molecule has 0 bridgehead atoms. The van der Waals surface area contributed by atoms with Gasteiger partial charge in [-0.3, -0.25) is 0 Å². The van der Waals surface area contributed by atoms with Gasteiger partial charge in [0, 0.05) is 6.20 Å². The lowest BCUT2D eigenvalue weighted by Crippen LogP contribution is -1.81. The number of hydrogen-bond acceptors (Lipinski definition) is 1. The number of fused-ring (bicyclic) bond motifs is 1. The van der Waals surface area contributed by atoms with Gasteiger partial charge in [0.1, 0.15) is 6.33 Å². The van der Waals surface area contributed by atoms with Crippen molar-refractivity contribution in [1.82, 2.24) is 9.38 Å². The van der Waals surface area contributed by atoms with Gasteiger partial charge >= 0.3 is 0 Å². The SMILES string of the molecule is Cc1ccc2c(Cl)ncn2c1. The van der Waals surface area contributed by atoms with Gasteiger partial charge in [-0.1, -0.05) is 17.7 Å². The van der Waals surface area contributed by atoms with Crippen molar-refractivity contribution in [2.24, 2.45) is 0 Å². The molecular weight excluding hydrogens is 160 g/mol. The van der Waals surface area contributed by atoms with Crippen molar-refractivity contribution < 1.29 is 0 Å². The predicted octanol–water partition coefficient (Wildman–Crippen LogP) is 2.30. The van der Waals surface area contributed by atoms with E-state index in [2.05, 4.69) is 4.98 Å². The van der Waals surface area contributed by atoms with Crippen LogP contribution in [0, 0.1) is 6.92 Å². The average molecular weight is 167 g/mol. The zero-order valence-electron chi connectivity index (χ0n) is 6.08. The Morgan fingerprint density at radius 3 is 3.09 bits per heavy atom. The Balaban J connectivity index is 2.86. The number of rotatable bonds is 0. The Morgan fingerprint density at radius 1 is 1.45 bits per heavy atom. The van der Waals surface area contributed by atoms with Crippen LogP contribution in [0.5, 0.6) is 0 Å².